The normalized spacial score (nSPS) is 10.2. The van der Waals surface area contributed by atoms with Crippen LogP contribution in [0.2, 0.25) is 0 Å². The molecule has 0 saturated carbocycles. The third kappa shape index (κ3) is 2.92. The molecule has 18 heavy (non-hydrogen) atoms. The van der Waals surface area contributed by atoms with Crippen molar-refractivity contribution >= 4 is 23.2 Å². The monoisotopic (exact) mass is 267 g/mol. The number of aromatic nitrogens is 2. The summed E-state index contributed by atoms with van der Waals surface area (Å²) >= 11 is 1.43. The lowest BCUT2D eigenvalue weighted by atomic mass is 10.4. The van der Waals surface area contributed by atoms with Gasteiger partial charge in [-0.2, -0.15) is 4.98 Å². The molecule has 1 amide bonds. The van der Waals surface area contributed by atoms with E-state index < -0.39 is 11.9 Å². The quantitative estimate of drug-likeness (QED) is 0.837. The molecule has 2 aromatic heterocycles. The van der Waals surface area contributed by atoms with Gasteiger partial charge in [0.05, 0.1) is 11.3 Å². The van der Waals surface area contributed by atoms with Gasteiger partial charge >= 0.3 is 17.8 Å². The van der Waals surface area contributed by atoms with Crippen LogP contribution in [-0.2, 0) is 4.79 Å². The van der Waals surface area contributed by atoms with E-state index in [1.54, 1.807) is 0 Å². The van der Waals surface area contributed by atoms with Crippen LogP contribution < -0.4 is 5.32 Å². The number of carbonyl (C=O) groups excluding carboxylic acids is 1. The molecule has 8 heteroatoms. The summed E-state index contributed by atoms with van der Waals surface area (Å²) in [5.41, 5.74) is 0. The van der Waals surface area contributed by atoms with Gasteiger partial charge in [0, 0.05) is 6.54 Å². The molecule has 0 radical (unpaired) electrons. The molecule has 7 nitrogen and oxygen atoms in total. The fraction of sp³-hybridized carbons (Fsp3) is 0.200. The smallest absolute Gasteiger partial charge is 0.316 e. The number of aliphatic carboxylic acids is 1. The maximum Gasteiger partial charge on any atom is 0.316 e. The molecule has 0 atom stereocenters. The largest absolute Gasteiger partial charge is 0.481 e. The van der Waals surface area contributed by atoms with Gasteiger partial charge in [0.1, 0.15) is 0 Å². The van der Waals surface area contributed by atoms with Crippen molar-refractivity contribution in [2.24, 2.45) is 0 Å². The van der Waals surface area contributed by atoms with Gasteiger partial charge in [0.15, 0.2) is 0 Å². The van der Waals surface area contributed by atoms with Crippen molar-refractivity contribution < 1.29 is 19.2 Å². The molecule has 2 aromatic rings. The predicted octanol–water partition coefficient (Wildman–Crippen LogP) is 1.00. The highest BCUT2D eigenvalue weighted by atomic mass is 32.1. The third-order valence-electron chi connectivity index (χ3n) is 1.99. The molecule has 0 aliphatic carbocycles. The summed E-state index contributed by atoms with van der Waals surface area (Å²) in [6.45, 7) is 0.0187. The van der Waals surface area contributed by atoms with Crippen molar-refractivity contribution in [3.63, 3.8) is 0 Å². The third-order valence-corrected chi connectivity index (χ3v) is 2.85. The van der Waals surface area contributed by atoms with Crippen LogP contribution in [0.3, 0.4) is 0 Å². The summed E-state index contributed by atoms with van der Waals surface area (Å²) in [6, 6.07) is 3.64. The molecule has 0 aliphatic heterocycles. The highest BCUT2D eigenvalue weighted by Crippen LogP contribution is 2.21. The average molecular weight is 267 g/mol. The van der Waals surface area contributed by atoms with Crippen molar-refractivity contribution in [1.82, 2.24) is 15.5 Å². The van der Waals surface area contributed by atoms with Gasteiger partial charge in [0.25, 0.3) is 0 Å². The van der Waals surface area contributed by atoms with Gasteiger partial charge < -0.3 is 14.9 Å². The SMILES string of the molecule is O=C(O)CCNC(=O)c1nc(-c2cccs2)no1. The minimum absolute atomic E-state index is 0.0187. The summed E-state index contributed by atoms with van der Waals surface area (Å²) < 4.78 is 4.79. The molecule has 2 N–H and O–H groups in total. The molecule has 0 aromatic carbocycles. The Bertz CT molecular complexity index is 549. The zero-order valence-corrected chi connectivity index (χ0v) is 9.94. The fourth-order valence-electron chi connectivity index (χ4n) is 1.18. The lowest BCUT2D eigenvalue weighted by Gasteiger charge is -1.97. The van der Waals surface area contributed by atoms with Crippen LogP contribution >= 0.6 is 11.3 Å². The van der Waals surface area contributed by atoms with Crippen LogP contribution in [0.25, 0.3) is 10.7 Å². The summed E-state index contributed by atoms with van der Waals surface area (Å²) in [7, 11) is 0. The molecular weight excluding hydrogens is 258 g/mol. The van der Waals surface area contributed by atoms with Crippen molar-refractivity contribution in [2.75, 3.05) is 6.54 Å². The number of carbonyl (C=O) groups is 2. The molecule has 0 unspecified atom stereocenters. The fourth-order valence-corrected chi connectivity index (χ4v) is 1.83. The van der Waals surface area contributed by atoms with Crippen molar-refractivity contribution in [3.8, 4) is 10.7 Å². The summed E-state index contributed by atoms with van der Waals surface area (Å²) in [6.07, 6.45) is -0.155. The minimum Gasteiger partial charge on any atom is -0.481 e. The highest BCUT2D eigenvalue weighted by Gasteiger charge is 2.16. The maximum absolute atomic E-state index is 11.5. The van der Waals surface area contributed by atoms with E-state index >= 15 is 0 Å². The Kier molecular flexibility index (Phi) is 3.68. The molecule has 0 fully saturated rings. The average Bonchev–Trinajstić information content (AvgIpc) is 2.99. The minimum atomic E-state index is -0.986. The second kappa shape index (κ2) is 5.41. The zero-order chi connectivity index (χ0) is 13.0. The van der Waals surface area contributed by atoms with Crippen LogP contribution in [0.4, 0.5) is 0 Å². The first kappa shape index (κ1) is 12.2. The van der Waals surface area contributed by atoms with Gasteiger partial charge in [0.2, 0.25) is 5.82 Å². The van der Waals surface area contributed by atoms with Gasteiger partial charge in [-0.1, -0.05) is 11.2 Å². The van der Waals surface area contributed by atoms with E-state index in [4.69, 9.17) is 9.63 Å². The van der Waals surface area contributed by atoms with Crippen molar-refractivity contribution in [1.29, 1.82) is 0 Å². The lowest BCUT2D eigenvalue weighted by molar-refractivity contribution is -0.136. The first-order chi connectivity index (χ1) is 8.66. The first-order valence-electron chi connectivity index (χ1n) is 5.04. The number of hydrogen-bond acceptors (Lipinski definition) is 6. The Hall–Kier alpha value is -2.22. The zero-order valence-electron chi connectivity index (χ0n) is 9.12. The van der Waals surface area contributed by atoms with Crippen molar-refractivity contribution in [3.05, 3.63) is 23.4 Å². The van der Waals surface area contributed by atoms with Crippen LogP contribution in [0.1, 0.15) is 17.1 Å². The van der Waals surface area contributed by atoms with Gasteiger partial charge in [-0.25, -0.2) is 0 Å². The lowest BCUT2D eigenvalue weighted by Crippen LogP contribution is -2.26. The Morgan fingerprint density at radius 3 is 3.00 bits per heavy atom. The number of carboxylic acid groups (broad SMARTS) is 1. The van der Waals surface area contributed by atoms with Crippen molar-refractivity contribution in [2.45, 2.75) is 6.42 Å². The van der Waals surface area contributed by atoms with E-state index in [2.05, 4.69) is 15.5 Å². The number of amides is 1. The molecule has 0 bridgehead atoms. The standard InChI is InChI=1S/C10H9N3O4S/c14-7(15)3-4-11-9(16)10-12-8(13-17-10)6-2-1-5-18-6/h1-2,5H,3-4H2,(H,11,16)(H,14,15). The molecule has 0 saturated heterocycles. The molecule has 0 spiro atoms. The van der Waals surface area contributed by atoms with Crippen LogP contribution in [-0.4, -0.2) is 33.7 Å². The van der Waals surface area contributed by atoms with E-state index in [1.807, 2.05) is 17.5 Å². The van der Waals surface area contributed by atoms with Gasteiger partial charge in [-0.05, 0) is 11.4 Å². The molecular formula is C10H9N3O4S. The first-order valence-corrected chi connectivity index (χ1v) is 5.92. The molecule has 2 heterocycles. The Balaban J connectivity index is 1.97. The number of rotatable bonds is 5. The van der Waals surface area contributed by atoms with E-state index in [1.165, 1.54) is 11.3 Å². The Morgan fingerprint density at radius 1 is 1.50 bits per heavy atom. The van der Waals surface area contributed by atoms with Gasteiger partial charge in [-0.15, -0.1) is 11.3 Å². The van der Waals surface area contributed by atoms with Crippen LogP contribution in [0.5, 0.6) is 0 Å². The second-order valence-corrected chi connectivity index (χ2v) is 4.25. The van der Waals surface area contributed by atoms with E-state index in [-0.39, 0.29) is 18.9 Å². The van der Waals surface area contributed by atoms with Gasteiger partial charge in [-0.3, -0.25) is 9.59 Å². The summed E-state index contributed by atoms with van der Waals surface area (Å²) in [5, 5.41) is 16.3. The molecule has 0 aliphatic rings. The number of hydrogen-bond donors (Lipinski definition) is 2. The Morgan fingerprint density at radius 2 is 2.33 bits per heavy atom. The van der Waals surface area contributed by atoms with E-state index in [0.29, 0.717) is 5.82 Å². The summed E-state index contributed by atoms with van der Waals surface area (Å²) in [4.78, 5) is 26.5. The Labute approximate surface area is 105 Å². The number of carboxylic acids is 1. The highest BCUT2D eigenvalue weighted by molar-refractivity contribution is 7.13. The molecule has 2 rings (SSSR count). The van der Waals surface area contributed by atoms with Crippen LogP contribution in [0, 0.1) is 0 Å². The molecule has 94 valence electrons. The topological polar surface area (TPSA) is 105 Å². The predicted molar refractivity (Wildman–Crippen MR) is 62.2 cm³/mol. The summed E-state index contributed by atoms with van der Waals surface area (Å²) in [5.74, 6) is -1.40. The number of nitrogens with one attached hydrogen (secondary N) is 1. The number of thiophene rings is 1. The number of nitrogens with zero attached hydrogens (tertiary/aromatic N) is 2. The second-order valence-electron chi connectivity index (χ2n) is 3.30. The maximum atomic E-state index is 11.5. The van der Waals surface area contributed by atoms with E-state index in [0.717, 1.165) is 4.88 Å². The van der Waals surface area contributed by atoms with Crippen LogP contribution in [0.15, 0.2) is 22.0 Å². The van der Waals surface area contributed by atoms with E-state index in [9.17, 15) is 9.59 Å².